The molecule has 4 nitrogen and oxygen atoms in total. The number of carbonyl (C=O) groups excluding carboxylic acids is 1. The molecule has 1 aromatic rings. The van der Waals surface area contributed by atoms with Crippen LogP contribution in [0.25, 0.3) is 6.08 Å². The van der Waals surface area contributed by atoms with Crippen molar-refractivity contribution >= 4 is 40.3 Å². The molecule has 20 heavy (non-hydrogen) atoms. The minimum Gasteiger partial charge on any atom is -0.493 e. The topological polar surface area (TPSA) is 47.6 Å². The van der Waals surface area contributed by atoms with E-state index in [0.717, 1.165) is 5.56 Å². The van der Waals surface area contributed by atoms with E-state index in [0.29, 0.717) is 20.7 Å². The summed E-state index contributed by atoms with van der Waals surface area (Å²) in [5.74, 6) is 1.16. The largest absolute Gasteiger partial charge is 0.493 e. The van der Waals surface area contributed by atoms with Crippen molar-refractivity contribution in [3.05, 3.63) is 28.7 Å². The molecule has 1 amide bonds. The number of ether oxygens (including phenoxy) is 2. The SMILES string of the molecule is COc1ccc(/C=C2/SC(=S)NC2=O)cc1OC(C)C. The third-order valence-electron chi connectivity index (χ3n) is 2.49. The number of rotatable bonds is 4. The maximum Gasteiger partial charge on any atom is 0.263 e. The maximum absolute atomic E-state index is 11.6. The summed E-state index contributed by atoms with van der Waals surface area (Å²) in [4.78, 5) is 12.2. The highest BCUT2D eigenvalue weighted by atomic mass is 32.2. The van der Waals surface area contributed by atoms with Gasteiger partial charge in [0.15, 0.2) is 11.5 Å². The molecule has 0 radical (unpaired) electrons. The second kappa shape index (κ2) is 6.28. The standard InChI is InChI=1S/C14H15NO3S2/c1-8(2)18-11-6-9(4-5-10(11)17-3)7-12-13(16)15-14(19)20-12/h4-8H,1-3H3,(H,15,16,19)/b12-7+. The van der Waals surface area contributed by atoms with E-state index in [2.05, 4.69) is 5.32 Å². The number of hydrogen-bond donors (Lipinski definition) is 1. The predicted octanol–water partition coefficient (Wildman–Crippen LogP) is 2.97. The number of hydrogen-bond acceptors (Lipinski definition) is 5. The van der Waals surface area contributed by atoms with Gasteiger partial charge in [-0.2, -0.15) is 0 Å². The van der Waals surface area contributed by atoms with Gasteiger partial charge in [0.25, 0.3) is 5.91 Å². The summed E-state index contributed by atoms with van der Waals surface area (Å²) >= 11 is 6.22. The molecule has 0 unspecified atom stereocenters. The molecule has 0 aliphatic carbocycles. The number of thioether (sulfide) groups is 1. The summed E-state index contributed by atoms with van der Waals surface area (Å²) in [6.07, 6.45) is 1.83. The molecule has 0 spiro atoms. The highest BCUT2D eigenvalue weighted by molar-refractivity contribution is 8.26. The number of benzene rings is 1. The van der Waals surface area contributed by atoms with Gasteiger partial charge in [-0.3, -0.25) is 4.79 Å². The Bertz CT molecular complexity index is 582. The molecule has 0 saturated carbocycles. The quantitative estimate of drug-likeness (QED) is 0.684. The first-order valence-electron chi connectivity index (χ1n) is 6.09. The second-order valence-corrected chi connectivity index (χ2v) is 6.15. The Morgan fingerprint density at radius 3 is 2.65 bits per heavy atom. The van der Waals surface area contributed by atoms with E-state index < -0.39 is 0 Å². The summed E-state index contributed by atoms with van der Waals surface area (Å²) in [6.45, 7) is 3.90. The molecular formula is C14H15NO3S2. The molecule has 0 bridgehead atoms. The molecule has 1 saturated heterocycles. The van der Waals surface area contributed by atoms with Crippen molar-refractivity contribution in [2.75, 3.05) is 7.11 Å². The van der Waals surface area contributed by atoms with Gasteiger partial charge in [-0.1, -0.05) is 30.0 Å². The van der Waals surface area contributed by atoms with Crippen molar-refractivity contribution < 1.29 is 14.3 Å². The molecule has 1 fully saturated rings. The van der Waals surface area contributed by atoms with Crippen LogP contribution < -0.4 is 14.8 Å². The Labute approximate surface area is 127 Å². The van der Waals surface area contributed by atoms with Gasteiger partial charge in [-0.15, -0.1) is 0 Å². The molecule has 0 aromatic heterocycles. The zero-order valence-electron chi connectivity index (χ0n) is 11.4. The van der Waals surface area contributed by atoms with Crippen LogP contribution in [0.5, 0.6) is 11.5 Å². The van der Waals surface area contributed by atoms with Gasteiger partial charge < -0.3 is 14.8 Å². The van der Waals surface area contributed by atoms with Crippen molar-refractivity contribution in [2.24, 2.45) is 0 Å². The van der Waals surface area contributed by atoms with E-state index in [1.165, 1.54) is 11.8 Å². The van der Waals surface area contributed by atoms with Crippen molar-refractivity contribution in [1.29, 1.82) is 0 Å². The van der Waals surface area contributed by atoms with Gasteiger partial charge in [0.2, 0.25) is 0 Å². The van der Waals surface area contributed by atoms with Crippen LogP contribution in [0.2, 0.25) is 0 Å². The van der Waals surface area contributed by atoms with Gasteiger partial charge in [0.1, 0.15) is 4.32 Å². The lowest BCUT2D eigenvalue weighted by molar-refractivity contribution is -0.115. The van der Waals surface area contributed by atoms with Crippen LogP contribution in [-0.4, -0.2) is 23.4 Å². The van der Waals surface area contributed by atoms with Gasteiger partial charge in [-0.25, -0.2) is 0 Å². The Hall–Kier alpha value is -1.53. The molecule has 2 rings (SSSR count). The average molecular weight is 309 g/mol. The summed E-state index contributed by atoms with van der Waals surface area (Å²) in [5.41, 5.74) is 0.865. The van der Waals surface area contributed by atoms with E-state index in [9.17, 15) is 4.79 Å². The van der Waals surface area contributed by atoms with E-state index in [1.54, 1.807) is 13.2 Å². The molecule has 1 aromatic carbocycles. The fourth-order valence-electron chi connectivity index (χ4n) is 1.70. The number of carbonyl (C=O) groups is 1. The maximum atomic E-state index is 11.6. The van der Waals surface area contributed by atoms with Gasteiger partial charge in [0, 0.05) is 0 Å². The third-order valence-corrected chi connectivity index (χ3v) is 3.65. The molecule has 1 N–H and O–H groups in total. The van der Waals surface area contributed by atoms with E-state index in [-0.39, 0.29) is 12.0 Å². The Balaban J connectivity index is 2.31. The van der Waals surface area contributed by atoms with Gasteiger partial charge in [0.05, 0.1) is 18.1 Å². The molecular weight excluding hydrogens is 294 g/mol. The minimum absolute atomic E-state index is 0.0449. The molecule has 106 valence electrons. The predicted molar refractivity (Wildman–Crippen MR) is 85.1 cm³/mol. The van der Waals surface area contributed by atoms with Crippen LogP contribution in [0.4, 0.5) is 0 Å². The molecule has 0 atom stereocenters. The third kappa shape index (κ3) is 3.52. The lowest BCUT2D eigenvalue weighted by Gasteiger charge is -2.14. The fraction of sp³-hybridized carbons (Fsp3) is 0.286. The van der Waals surface area contributed by atoms with Crippen molar-refractivity contribution in [1.82, 2.24) is 5.32 Å². The van der Waals surface area contributed by atoms with E-state index >= 15 is 0 Å². The first-order chi connectivity index (χ1) is 9.49. The van der Waals surface area contributed by atoms with Crippen molar-refractivity contribution in [3.8, 4) is 11.5 Å². The molecule has 1 aliphatic heterocycles. The molecule has 1 aliphatic rings. The summed E-state index contributed by atoms with van der Waals surface area (Å²) in [5, 5.41) is 2.59. The highest BCUT2D eigenvalue weighted by Gasteiger charge is 2.22. The van der Waals surface area contributed by atoms with Crippen LogP contribution in [-0.2, 0) is 4.79 Å². The first-order valence-corrected chi connectivity index (χ1v) is 7.31. The minimum atomic E-state index is -0.165. The van der Waals surface area contributed by atoms with Crippen LogP contribution in [0, 0.1) is 0 Å². The van der Waals surface area contributed by atoms with Gasteiger partial charge in [-0.05, 0) is 37.6 Å². The molecule has 6 heteroatoms. The van der Waals surface area contributed by atoms with E-state index in [1.807, 2.05) is 32.0 Å². The lowest BCUT2D eigenvalue weighted by atomic mass is 10.2. The number of methoxy groups -OCH3 is 1. The normalized spacial score (nSPS) is 16.7. The number of amides is 1. The van der Waals surface area contributed by atoms with Crippen LogP contribution in [0.1, 0.15) is 19.4 Å². The summed E-state index contributed by atoms with van der Waals surface area (Å²) < 4.78 is 11.4. The smallest absolute Gasteiger partial charge is 0.263 e. The number of thiocarbonyl (C=S) groups is 1. The fourth-order valence-corrected chi connectivity index (χ4v) is 2.75. The lowest BCUT2D eigenvalue weighted by Crippen LogP contribution is -2.17. The number of nitrogens with one attached hydrogen (secondary N) is 1. The summed E-state index contributed by atoms with van der Waals surface area (Å²) in [6, 6.07) is 5.54. The Morgan fingerprint density at radius 1 is 1.35 bits per heavy atom. The van der Waals surface area contributed by atoms with Crippen LogP contribution in [0.15, 0.2) is 23.1 Å². The van der Waals surface area contributed by atoms with Crippen molar-refractivity contribution in [3.63, 3.8) is 0 Å². The van der Waals surface area contributed by atoms with Crippen molar-refractivity contribution in [2.45, 2.75) is 20.0 Å². The monoisotopic (exact) mass is 309 g/mol. The van der Waals surface area contributed by atoms with Crippen LogP contribution >= 0.6 is 24.0 Å². The Kier molecular flexibility index (Phi) is 4.67. The Morgan fingerprint density at radius 2 is 2.10 bits per heavy atom. The van der Waals surface area contributed by atoms with E-state index in [4.69, 9.17) is 21.7 Å². The molecule has 1 heterocycles. The highest BCUT2D eigenvalue weighted by Crippen LogP contribution is 2.32. The first kappa shape index (κ1) is 14.9. The van der Waals surface area contributed by atoms with Crippen LogP contribution in [0.3, 0.4) is 0 Å². The average Bonchev–Trinajstić information content (AvgIpc) is 2.67. The van der Waals surface area contributed by atoms with Gasteiger partial charge >= 0.3 is 0 Å². The summed E-state index contributed by atoms with van der Waals surface area (Å²) in [7, 11) is 1.60. The zero-order chi connectivity index (χ0) is 14.7. The zero-order valence-corrected chi connectivity index (χ0v) is 13.1. The second-order valence-electron chi connectivity index (χ2n) is 4.43.